The number of nitrogens with two attached hydrogens (primary N) is 2. The summed E-state index contributed by atoms with van der Waals surface area (Å²) in [6, 6.07) is 7.24. The van der Waals surface area contributed by atoms with Crippen LogP contribution in [0.5, 0.6) is 0 Å². The number of rotatable bonds is 5. The molecule has 0 aliphatic rings. The quantitative estimate of drug-likeness (QED) is 0.654. The fourth-order valence-electron chi connectivity index (χ4n) is 1.68. The lowest BCUT2D eigenvalue weighted by Crippen LogP contribution is -2.40. The number of nitrogen functional groups attached to an aromatic ring is 1. The zero-order valence-electron chi connectivity index (χ0n) is 9.44. The van der Waals surface area contributed by atoms with Crippen LogP contribution in [-0.2, 0) is 11.2 Å². The summed E-state index contributed by atoms with van der Waals surface area (Å²) in [5, 5.41) is 9.23. The van der Waals surface area contributed by atoms with Crippen molar-refractivity contribution in [3.8, 4) is 0 Å². The average molecular weight is 222 g/mol. The lowest BCUT2D eigenvalue weighted by molar-refractivity contribution is -0.148. The van der Waals surface area contributed by atoms with Crippen LogP contribution in [0.3, 0.4) is 0 Å². The van der Waals surface area contributed by atoms with E-state index < -0.39 is 11.4 Å². The zero-order chi connectivity index (χ0) is 12.2. The number of carboxylic acid groups (broad SMARTS) is 1. The molecule has 0 saturated carbocycles. The van der Waals surface area contributed by atoms with Crippen molar-refractivity contribution in [1.82, 2.24) is 0 Å². The Hall–Kier alpha value is -1.55. The van der Waals surface area contributed by atoms with Crippen molar-refractivity contribution in [3.63, 3.8) is 0 Å². The molecule has 0 spiro atoms. The largest absolute Gasteiger partial charge is 0.481 e. The highest BCUT2D eigenvalue weighted by atomic mass is 16.4. The Bertz CT molecular complexity index is 356. The summed E-state index contributed by atoms with van der Waals surface area (Å²) in [7, 11) is 0. The third kappa shape index (κ3) is 2.52. The van der Waals surface area contributed by atoms with Crippen molar-refractivity contribution in [3.05, 3.63) is 29.8 Å². The molecule has 0 saturated heterocycles. The Labute approximate surface area is 95.3 Å². The van der Waals surface area contributed by atoms with Gasteiger partial charge in [0.1, 0.15) is 0 Å². The Morgan fingerprint density at radius 2 is 1.94 bits per heavy atom. The van der Waals surface area contributed by atoms with Gasteiger partial charge in [0, 0.05) is 12.2 Å². The van der Waals surface area contributed by atoms with Crippen LogP contribution in [-0.4, -0.2) is 17.6 Å². The Balaban J connectivity index is 2.91. The molecule has 0 bridgehead atoms. The molecule has 1 rings (SSSR count). The maximum Gasteiger partial charge on any atom is 0.311 e. The van der Waals surface area contributed by atoms with Gasteiger partial charge in [-0.1, -0.05) is 19.1 Å². The standard InChI is InChI=1S/C12H18N2O2/c1-2-12(8-13,11(15)16)7-9-3-5-10(14)6-4-9/h3-6H,2,7-8,13-14H2,1H3,(H,15,16). The second kappa shape index (κ2) is 4.99. The summed E-state index contributed by atoms with van der Waals surface area (Å²) in [4.78, 5) is 11.3. The van der Waals surface area contributed by atoms with Gasteiger partial charge in [0.2, 0.25) is 0 Å². The number of carbonyl (C=O) groups is 1. The van der Waals surface area contributed by atoms with E-state index in [0.29, 0.717) is 18.5 Å². The minimum absolute atomic E-state index is 0.142. The summed E-state index contributed by atoms with van der Waals surface area (Å²) < 4.78 is 0. The molecule has 0 fully saturated rings. The maximum atomic E-state index is 11.3. The Morgan fingerprint density at radius 3 is 2.31 bits per heavy atom. The van der Waals surface area contributed by atoms with Gasteiger partial charge in [-0.3, -0.25) is 4.79 Å². The molecule has 5 N–H and O–H groups in total. The summed E-state index contributed by atoms with van der Waals surface area (Å²) in [6.45, 7) is 1.99. The van der Waals surface area contributed by atoms with E-state index in [1.165, 1.54) is 0 Å². The molecule has 0 heterocycles. The first-order valence-electron chi connectivity index (χ1n) is 5.32. The van der Waals surface area contributed by atoms with E-state index in [0.717, 1.165) is 5.56 Å². The predicted octanol–water partition coefficient (Wildman–Crippen LogP) is 1.25. The second-order valence-electron chi connectivity index (χ2n) is 4.06. The highest BCUT2D eigenvalue weighted by Gasteiger charge is 2.35. The zero-order valence-corrected chi connectivity index (χ0v) is 9.44. The van der Waals surface area contributed by atoms with Gasteiger partial charge in [-0.25, -0.2) is 0 Å². The Morgan fingerprint density at radius 1 is 1.38 bits per heavy atom. The summed E-state index contributed by atoms with van der Waals surface area (Å²) in [5.41, 5.74) is 11.9. The molecule has 0 aromatic heterocycles. The summed E-state index contributed by atoms with van der Waals surface area (Å²) in [5.74, 6) is -0.839. The fourth-order valence-corrected chi connectivity index (χ4v) is 1.68. The third-order valence-electron chi connectivity index (χ3n) is 3.04. The predicted molar refractivity (Wildman–Crippen MR) is 64.0 cm³/mol. The third-order valence-corrected chi connectivity index (χ3v) is 3.04. The van der Waals surface area contributed by atoms with E-state index in [2.05, 4.69) is 0 Å². The van der Waals surface area contributed by atoms with Crippen LogP contribution in [0, 0.1) is 5.41 Å². The minimum atomic E-state index is -0.865. The first kappa shape index (κ1) is 12.5. The van der Waals surface area contributed by atoms with Gasteiger partial charge >= 0.3 is 5.97 Å². The monoisotopic (exact) mass is 222 g/mol. The van der Waals surface area contributed by atoms with Crippen LogP contribution in [0.2, 0.25) is 0 Å². The molecule has 0 aliphatic heterocycles. The van der Waals surface area contributed by atoms with Crippen molar-refractivity contribution in [2.45, 2.75) is 19.8 Å². The van der Waals surface area contributed by atoms with Gasteiger partial charge in [-0.15, -0.1) is 0 Å². The summed E-state index contributed by atoms with van der Waals surface area (Å²) in [6.07, 6.45) is 0.957. The van der Waals surface area contributed by atoms with Crippen LogP contribution in [0.1, 0.15) is 18.9 Å². The normalized spacial score (nSPS) is 14.4. The van der Waals surface area contributed by atoms with Crippen LogP contribution < -0.4 is 11.5 Å². The van der Waals surface area contributed by atoms with Crippen LogP contribution in [0.4, 0.5) is 5.69 Å². The summed E-state index contributed by atoms with van der Waals surface area (Å²) >= 11 is 0. The molecule has 16 heavy (non-hydrogen) atoms. The topological polar surface area (TPSA) is 89.3 Å². The van der Waals surface area contributed by atoms with E-state index in [4.69, 9.17) is 11.5 Å². The number of hydrogen-bond acceptors (Lipinski definition) is 3. The van der Waals surface area contributed by atoms with Crippen LogP contribution in [0.15, 0.2) is 24.3 Å². The molecule has 88 valence electrons. The van der Waals surface area contributed by atoms with Gasteiger partial charge in [0.05, 0.1) is 5.41 Å². The minimum Gasteiger partial charge on any atom is -0.481 e. The molecule has 1 aromatic rings. The molecule has 0 radical (unpaired) electrons. The molecule has 0 aliphatic carbocycles. The van der Waals surface area contributed by atoms with Crippen LogP contribution in [0.25, 0.3) is 0 Å². The average Bonchev–Trinajstić information content (AvgIpc) is 2.28. The SMILES string of the molecule is CCC(CN)(Cc1ccc(N)cc1)C(=O)O. The number of hydrogen-bond donors (Lipinski definition) is 3. The molecule has 0 amide bonds. The molecular formula is C12H18N2O2. The van der Waals surface area contributed by atoms with E-state index in [1.807, 2.05) is 19.1 Å². The van der Waals surface area contributed by atoms with E-state index in [1.54, 1.807) is 12.1 Å². The maximum absolute atomic E-state index is 11.3. The van der Waals surface area contributed by atoms with E-state index in [9.17, 15) is 9.90 Å². The first-order valence-corrected chi connectivity index (χ1v) is 5.32. The molecule has 4 heteroatoms. The molecule has 1 unspecified atom stereocenters. The van der Waals surface area contributed by atoms with Crippen molar-refractivity contribution in [2.24, 2.45) is 11.1 Å². The van der Waals surface area contributed by atoms with Crippen LogP contribution >= 0.6 is 0 Å². The van der Waals surface area contributed by atoms with Gasteiger partial charge in [0.25, 0.3) is 0 Å². The van der Waals surface area contributed by atoms with E-state index >= 15 is 0 Å². The number of aliphatic carboxylic acids is 1. The van der Waals surface area contributed by atoms with E-state index in [-0.39, 0.29) is 6.54 Å². The smallest absolute Gasteiger partial charge is 0.311 e. The van der Waals surface area contributed by atoms with Gasteiger partial charge in [-0.05, 0) is 30.5 Å². The lowest BCUT2D eigenvalue weighted by atomic mass is 9.79. The van der Waals surface area contributed by atoms with Crippen molar-refractivity contribution < 1.29 is 9.90 Å². The second-order valence-corrected chi connectivity index (χ2v) is 4.06. The molecule has 1 aromatic carbocycles. The van der Waals surface area contributed by atoms with Crippen molar-refractivity contribution in [1.29, 1.82) is 0 Å². The first-order chi connectivity index (χ1) is 7.54. The number of carboxylic acids is 1. The highest BCUT2D eigenvalue weighted by molar-refractivity contribution is 5.75. The Kier molecular flexibility index (Phi) is 3.90. The fraction of sp³-hybridized carbons (Fsp3) is 0.417. The highest BCUT2D eigenvalue weighted by Crippen LogP contribution is 2.26. The van der Waals surface area contributed by atoms with Crippen molar-refractivity contribution >= 4 is 11.7 Å². The van der Waals surface area contributed by atoms with Gasteiger partial charge < -0.3 is 16.6 Å². The van der Waals surface area contributed by atoms with Gasteiger partial charge in [-0.2, -0.15) is 0 Å². The molecule has 4 nitrogen and oxygen atoms in total. The lowest BCUT2D eigenvalue weighted by Gasteiger charge is -2.26. The van der Waals surface area contributed by atoms with Gasteiger partial charge in [0.15, 0.2) is 0 Å². The number of benzene rings is 1. The van der Waals surface area contributed by atoms with Crippen molar-refractivity contribution in [2.75, 3.05) is 12.3 Å². The number of anilines is 1. The molecule has 1 atom stereocenters. The molecular weight excluding hydrogens is 204 g/mol.